The van der Waals surface area contributed by atoms with E-state index in [1.54, 1.807) is 16.7 Å². The Labute approximate surface area is 83.1 Å². The molecule has 0 unspecified atom stereocenters. The van der Waals surface area contributed by atoms with Crippen LogP contribution in [0.5, 0.6) is 0 Å². The summed E-state index contributed by atoms with van der Waals surface area (Å²) in [7, 11) is 0. The standard InChI is InChI=1S/C9H6O2S2/c10-9(11)8-7(2-4-13-8)6-1-3-12-5-6/h1-5H,(H,10,11). The van der Waals surface area contributed by atoms with E-state index in [4.69, 9.17) is 5.11 Å². The first-order valence-electron chi connectivity index (χ1n) is 3.62. The smallest absolute Gasteiger partial charge is 0.346 e. The molecule has 2 nitrogen and oxygen atoms in total. The lowest BCUT2D eigenvalue weighted by molar-refractivity contribution is 0.0703. The van der Waals surface area contributed by atoms with Crippen molar-refractivity contribution >= 4 is 28.6 Å². The molecule has 0 aromatic carbocycles. The zero-order valence-electron chi connectivity index (χ0n) is 6.56. The third-order valence-electron chi connectivity index (χ3n) is 1.69. The first-order valence-corrected chi connectivity index (χ1v) is 5.44. The molecule has 0 saturated heterocycles. The van der Waals surface area contributed by atoms with E-state index in [2.05, 4.69) is 0 Å². The molecule has 4 heteroatoms. The average molecular weight is 210 g/mol. The van der Waals surface area contributed by atoms with E-state index < -0.39 is 5.97 Å². The van der Waals surface area contributed by atoms with Crippen LogP contribution in [0.2, 0.25) is 0 Å². The summed E-state index contributed by atoms with van der Waals surface area (Å²) in [5, 5.41) is 14.6. The SMILES string of the molecule is O=C(O)c1sccc1-c1ccsc1. The number of hydrogen-bond donors (Lipinski definition) is 1. The fourth-order valence-electron chi connectivity index (χ4n) is 1.12. The minimum atomic E-state index is -0.851. The molecule has 2 rings (SSSR count). The van der Waals surface area contributed by atoms with Gasteiger partial charge in [0.25, 0.3) is 0 Å². The highest BCUT2D eigenvalue weighted by atomic mass is 32.1. The van der Waals surface area contributed by atoms with Crippen LogP contribution in [0, 0.1) is 0 Å². The first kappa shape index (κ1) is 8.47. The van der Waals surface area contributed by atoms with Crippen molar-refractivity contribution in [3.63, 3.8) is 0 Å². The zero-order valence-corrected chi connectivity index (χ0v) is 8.19. The van der Waals surface area contributed by atoms with Crippen LogP contribution in [0.1, 0.15) is 9.67 Å². The van der Waals surface area contributed by atoms with Crippen molar-refractivity contribution < 1.29 is 9.90 Å². The number of carboxylic acid groups (broad SMARTS) is 1. The highest BCUT2D eigenvalue weighted by Crippen LogP contribution is 2.29. The van der Waals surface area contributed by atoms with Crippen LogP contribution in [0.4, 0.5) is 0 Å². The molecule has 0 fully saturated rings. The monoisotopic (exact) mass is 210 g/mol. The minimum Gasteiger partial charge on any atom is -0.477 e. The van der Waals surface area contributed by atoms with Crippen LogP contribution in [-0.4, -0.2) is 11.1 Å². The third-order valence-corrected chi connectivity index (χ3v) is 3.28. The van der Waals surface area contributed by atoms with Gasteiger partial charge in [0, 0.05) is 5.56 Å². The average Bonchev–Trinajstić information content (AvgIpc) is 2.74. The Hall–Kier alpha value is -1.13. The molecule has 0 amide bonds. The minimum absolute atomic E-state index is 0.415. The summed E-state index contributed by atoms with van der Waals surface area (Å²) in [4.78, 5) is 11.2. The topological polar surface area (TPSA) is 37.3 Å². The summed E-state index contributed by atoms with van der Waals surface area (Å²) in [6.45, 7) is 0. The highest BCUT2D eigenvalue weighted by Gasteiger charge is 2.12. The lowest BCUT2D eigenvalue weighted by Crippen LogP contribution is -1.93. The van der Waals surface area contributed by atoms with E-state index in [1.165, 1.54) is 11.3 Å². The molecule has 0 saturated carbocycles. The van der Waals surface area contributed by atoms with Gasteiger partial charge in [-0.25, -0.2) is 4.79 Å². The summed E-state index contributed by atoms with van der Waals surface area (Å²) in [5.74, 6) is -0.851. The molecular weight excluding hydrogens is 204 g/mol. The van der Waals surface area contributed by atoms with E-state index in [1.807, 2.05) is 22.9 Å². The molecule has 2 aromatic heterocycles. The molecule has 0 spiro atoms. The second-order valence-electron chi connectivity index (χ2n) is 2.48. The molecule has 0 radical (unpaired) electrons. The molecule has 1 N–H and O–H groups in total. The number of aromatic carboxylic acids is 1. The maximum absolute atomic E-state index is 10.8. The second-order valence-corrected chi connectivity index (χ2v) is 4.18. The number of thiophene rings is 2. The van der Waals surface area contributed by atoms with Gasteiger partial charge < -0.3 is 5.11 Å². The third kappa shape index (κ3) is 1.50. The summed E-state index contributed by atoms with van der Waals surface area (Å²) in [6, 6.07) is 3.77. The highest BCUT2D eigenvalue weighted by molar-refractivity contribution is 7.12. The molecule has 66 valence electrons. The van der Waals surface area contributed by atoms with Gasteiger partial charge in [-0.3, -0.25) is 0 Å². The summed E-state index contributed by atoms with van der Waals surface area (Å²) < 4.78 is 0. The molecule has 13 heavy (non-hydrogen) atoms. The van der Waals surface area contributed by atoms with E-state index in [0.717, 1.165) is 11.1 Å². The van der Waals surface area contributed by atoms with Crippen molar-refractivity contribution in [2.24, 2.45) is 0 Å². The number of hydrogen-bond acceptors (Lipinski definition) is 3. The van der Waals surface area contributed by atoms with Gasteiger partial charge in [-0.1, -0.05) is 0 Å². The van der Waals surface area contributed by atoms with Crippen molar-refractivity contribution in [2.75, 3.05) is 0 Å². The van der Waals surface area contributed by atoms with E-state index >= 15 is 0 Å². The Morgan fingerprint density at radius 3 is 2.77 bits per heavy atom. The number of carbonyl (C=O) groups is 1. The number of rotatable bonds is 2. The van der Waals surface area contributed by atoms with Crippen LogP contribution in [0.25, 0.3) is 11.1 Å². The van der Waals surface area contributed by atoms with Gasteiger partial charge in [0.1, 0.15) is 4.88 Å². The second kappa shape index (κ2) is 3.32. The lowest BCUT2D eigenvalue weighted by atomic mass is 10.1. The van der Waals surface area contributed by atoms with E-state index in [9.17, 15) is 4.79 Å². The zero-order chi connectivity index (χ0) is 9.26. The quantitative estimate of drug-likeness (QED) is 0.826. The van der Waals surface area contributed by atoms with Crippen molar-refractivity contribution in [3.8, 4) is 11.1 Å². The summed E-state index contributed by atoms with van der Waals surface area (Å²) in [5.41, 5.74) is 1.81. The molecule has 0 atom stereocenters. The van der Waals surface area contributed by atoms with E-state index in [0.29, 0.717) is 4.88 Å². The van der Waals surface area contributed by atoms with E-state index in [-0.39, 0.29) is 0 Å². The van der Waals surface area contributed by atoms with Gasteiger partial charge in [-0.05, 0) is 33.8 Å². The summed E-state index contributed by atoms with van der Waals surface area (Å²) >= 11 is 2.83. The van der Waals surface area contributed by atoms with Gasteiger partial charge in [-0.15, -0.1) is 11.3 Å². The summed E-state index contributed by atoms with van der Waals surface area (Å²) in [6.07, 6.45) is 0. The Balaban J connectivity index is 2.52. The maximum Gasteiger partial charge on any atom is 0.346 e. The van der Waals surface area contributed by atoms with Crippen LogP contribution in [-0.2, 0) is 0 Å². The van der Waals surface area contributed by atoms with Crippen LogP contribution in [0.3, 0.4) is 0 Å². The Morgan fingerprint density at radius 1 is 1.31 bits per heavy atom. The van der Waals surface area contributed by atoms with Crippen LogP contribution >= 0.6 is 22.7 Å². The predicted molar refractivity (Wildman–Crippen MR) is 54.6 cm³/mol. The molecule has 2 aromatic rings. The molecule has 0 aliphatic rings. The van der Waals surface area contributed by atoms with Crippen molar-refractivity contribution in [1.29, 1.82) is 0 Å². The fraction of sp³-hybridized carbons (Fsp3) is 0. The molecular formula is C9H6O2S2. The van der Waals surface area contributed by atoms with Gasteiger partial charge in [0.05, 0.1) is 0 Å². The van der Waals surface area contributed by atoms with Crippen molar-refractivity contribution in [2.45, 2.75) is 0 Å². The number of carboxylic acids is 1. The van der Waals surface area contributed by atoms with Gasteiger partial charge >= 0.3 is 5.97 Å². The van der Waals surface area contributed by atoms with Crippen LogP contribution in [0.15, 0.2) is 28.3 Å². The molecule has 0 aliphatic carbocycles. The molecule has 0 bridgehead atoms. The normalized spacial score (nSPS) is 10.2. The fourth-order valence-corrected chi connectivity index (χ4v) is 2.53. The molecule has 0 aliphatic heterocycles. The van der Waals surface area contributed by atoms with Crippen molar-refractivity contribution in [3.05, 3.63) is 33.2 Å². The van der Waals surface area contributed by atoms with Gasteiger partial charge in [0.15, 0.2) is 0 Å². The van der Waals surface area contributed by atoms with Gasteiger partial charge in [-0.2, -0.15) is 11.3 Å². The lowest BCUT2D eigenvalue weighted by Gasteiger charge is -1.94. The van der Waals surface area contributed by atoms with Crippen molar-refractivity contribution in [1.82, 2.24) is 0 Å². The van der Waals surface area contributed by atoms with Gasteiger partial charge in [0.2, 0.25) is 0 Å². The Kier molecular flexibility index (Phi) is 2.16. The van der Waals surface area contributed by atoms with Crippen LogP contribution < -0.4 is 0 Å². The maximum atomic E-state index is 10.8. The predicted octanol–water partition coefficient (Wildman–Crippen LogP) is 3.17. The molecule has 2 heterocycles. The Bertz CT molecular complexity index is 415. The Morgan fingerprint density at radius 2 is 2.15 bits per heavy atom. The largest absolute Gasteiger partial charge is 0.477 e. The first-order chi connectivity index (χ1) is 6.29.